The van der Waals surface area contributed by atoms with Gasteiger partial charge in [-0.2, -0.15) is 0 Å². The van der Waals surface area contributed by atoms with Crippen LogP contribution in [0.15, 0.2) is 46.9 Å². The van der Waals surface area contributed by atoms with Gasteiger partial charge < -0.3 is 10.4 Å². The Labute approximate surface area is 126 Å². The third kappa shape index (κ3) is 2.57. The van der Waals surface area contributed by atoms with Crippen molar-refractivity contribution in [2.24, 2.45) is 0 Å². The number of hydrogen-bond acceptors (Lipinski definition) is 4. The molecule has 1 aromatic rings. The van der Waals surface area contributed by atoms with E-state index in [0.29, 0.717) is 12.1 Å². The molecular formula is C15H15FN2O4. The summed E-state index contributed by atoms with van der Waals surface area (Å²) in [5.74, 6) is -3.23. The summed E-state index contributed by atoms with van der Waals surface area (Å²) in [6, 6.07) is 5.51. The summed E-state index contributed by atoms with van der Waals surface area (Å²) in [5.41, 5.74) is 0.0203. The van der Waals surface area contributed by atoms with E-state index in [2.05, 4.69) is 5.32 Å². The number of nitrogens with one attached hydrogen (secondary N) is 1. The van der Waals surface area contributed by atoms with Gasteiger partial charge in [0.15, 0.2) is 0 Å². The quantitative estimate of drug-likeness (QED) is 0.659. The summed E-state index contributed by atoms with van der Waals surface area (Å²) in [7, 11) is 0. The number of rotatable bonds is 4. The van der Waals surface area contributed by atoms with E-state index in [1.165, 1.54) is 25.1 Å². The molecule has 0 aliphatic carbocycles. The maximum absolute atomic E-state index is 14.1. The van der Waals surface area contributed by atoms with Crippen LogP contribution >= 0.6 is 0 Å². The number of carboxylic acids is 1. The molecule has 7 heteroatoms. The molecule has 0 saturated carbocycles. The predicted octanol–water partition coefficient (Wildman–Crippen LogP) is 2.77. The van der Waals surface area contributed by atoms with Gasteiger partial charge in [0, 0.05) is 11.3 Å². The molecule has 0 fully saturated rings. The second-order valence-corrected chi connectivity index (χ2v) is 4.90. The van der Waals surface area contributed by atoms with Gasteiger partial charge in [0.25, 0.3) is 5.70 Å². The zero-order valence-electron chi connectivity index (χ0n) is 12.1. The van der Waals surface area contributed by atoms with E-state index in [4.69, 9.17) is 0 Å². The first-order valence-corrected chi connectivity index (χ1v) is 6.71. The van der Waals surface area contributed by atoms with Gasteiger partial charge in [0.1, 0.15) is 11.7 Å². The van der Waals surface area contributed by atoms with Crippen LogP contribution in [0, 0.1) is 15.9 Å². The fourth-order valence-corrected chi connectivity index (χ4v) is 2.67. The number of nitro groups is 1. The van der Waals surface area contributed by atoms with E-state index in [1.54, 1.807) is 6.92 Å². The Morgan fingerprint density at radius 3 is 2.59 bits per heavy atom. The number of carboxylic acid groups (broad SMARTS) is 1. The number of carbonyl (C=O) groups is 1. The molecule has 1 aromatic carbocycles. The van der Waals surface area contributed by atoms with Crippen LogP contribution < -0.4 is 5.32 Å². The van der Waals surface area contributed by atoms with E-state index >= 15 is 0 Å². The van der Waals surface area contributed by atoms with Crippen LogP contribution in [0.3, 0.4) is 0 Å². The first-order valence-electron chi connectivity index (χ1n) is 6.71. The minimum absolute atomic E-state index is 0.0154. The Kier molecular flexibility index (Phi) is 4.25. The molecule has 0 radical (unpaired) electrons. The van der Waals surface area contributed by atoms with Gasteiger partial charge >= 0.3 is 5.97 Å². The van der Waals surface area contributed by atoms with Crippen molar-refractivity contribution >= 4 is 5.97 Å². The average molecular weight is 306 g/mol. The monoisotopic (exact) mass is 306 g/mol. The van der Waals surface area contributed by atoms with Crippen molar-refractivity contribution in [3.63, 3.8) is 0 Å². The highest BCUT2D eigenvalue weighted by Gasteiger charge is 2.41. The van der Waals surface area contributed by atoms with E-state index < -0.39 is 22.6 Å². The van der Waals surface area contributed by atoms with E-state index in [0.717, 1.165) is 6.07 Å². The van der Waals surface area contributed by atoms with E-state index in [-0.39, 0.29) is 22.5 Å². The lowest BCUT2D eigenvalue weighted by molar-refractivity contribution is -0.431. The standard InChI is InChI=1S/C15H15FN2O4/c1-3-11-14(18(21)22)13(9-6-4-5-7-10(9)16)12(15(19)20)8(2)17-11/h4-7,13,17H,3H2,1-2H3,(H,19,20)/t13-/m0/s1. The molecule has 6 nitrogen and oxygen atoms in total. The zero-order valence-corrected chi connectivity index (χ0v) is 12.1. The van der Waals surface area contributed by atoms with Crippen molar-refractivity contribution in [2.75, 3.05) is 0 Å². The average Bonchev–Trinajstić information content (AvgIpc) is 2.45. The maximum atomic E-state index is 14.1. The Morgan fingerprint density at radius 1 is 1.45 bits per heavy atom. The zero-order chi connectivity index (χ0) is 16.4. The molecule has 0 amide bonds. The van der Waals surface area contributed by atoms with Crippen LogP contribution in [0.1, 0.15) is 31.7 Å². The highest BCUT2D eigenvalue weighted by Crippen LogP contribution is 2.39. The number of dihydropyridines is 1. The molecule has 0 spiro atoms. The summed E-state index contributed by atoms with van der Waals surface area (Å²) >= 11 is 0. The van der Waals surface area contributed by atoms with Crippen molar-refractivity contribution in [2.45, 2.75) is 26.2 Å². The number of hydrogen-bond donors (Lipinski definition) is 2. The van der Waals surface area contributed by atoms with Gasteiger partial charge in [-0.1, -0.05) is 25.1 Å². The largest absolute Gasteiger partial charge is 0.478 e. The lowest BCUT2D eigenvalue weighted by Gasteiger charge is -2.26. The van der Waals surface area contributed by atoms with Gasteiger partial charge in [-0.05, 0) is 19.4 Å². The fourth-order valence-electron chi connectivity index (χ4n) is 2.67. The van der Waals surface area contributed by atoms with Crippen molar-refractivity contribution in [3.8, 4) is 0 Å². The number of aliphatic carboxylic acids is 1. The van der Waals surface area contributed by atoms with Crippen LogP contribution in [0.5, 0.6) is 0 Å². The summed E-state index contributed by atoms with van der Waals surface area (Å²) in [5, 5.41) is 23.6. The summed E-state index contributed by atoms with van der Waals surface area (Å²) in [6.45, 7) is 3.23. The van der Waals surface area contributed by atoms with Crippen molar-refractivity contribution in [3.05, 3.63) is 68.4 Å². The number of nitrogens with zero attached hydrogens (tertiary/aromatic N) is 1. The molecule has 2 rings (SSSR count). The third-order valence-corrected chi connectivity index (χ3v) is 3.61. The Hall–Kier alpha value is -2.70. The van der Waals surface area contributed by atoms with Crippen LogP contribution in [-0.4, -0.2) is 16.0 Å². The Bertz CT molecular complexity index is 709. The van der Waals surface area contributed by atoms with Gasteiger partial charge in [-0.25, -0.2) is 9.18 Å². The van der Waals surface area contributed by atoms with Crippen molar-refractivity contribution < 1.29 is 19.2 Å². The maximum Gasteiger partial charge on any atom is 0.334 e. The highest BCUT2D eigenvalue weighted by atomic mass is 19.1. The van der Waals surface area contributed by atoms with Gasteiger partial charge in [0.2, 0.25) is 0 Å². The second-order valence-electron chi connectivity index (χ2n) is 4.90. The third-order valence-electron chi connectivity index (χ3n) is 3.61. The molecule has 1 aliphatic rings. The lowest BCUT2D eigenvalue weighted by Crippen LogP contribution is -2.32. The Morgan fingerprint density at radius 2 is 2.09 bits per heavy atom. The SMILES string of the molecule is CCC1=C([N+](=O)[O-])[C@@H](c2ccccc2F)C(C(=O)O)=C(C)N1. The van der Waals surface area contributed by atoms with E-state index in [9.17, 15) is 24.4 Å². The molecule has 1 atom stereocenters. The molecule has 1 heterocycles. The molecule has 1 aliphatic heterocycles. The molecule has 2 N–H and O–H groups in total. The minimum atomic E-state index is -1.31. The predicted molar refractivity (Wildman–Crippen MR) is 76.9 cm³/mol. The highest BCUT2D eigenvalue weighted by molar-refractivity contribution is 5.90. The van der Waals surface area contributed by atoms with Crippen LogP contribution in [0.25, 0.3) is 0 Å². The van der Waals surface area contributed by atoms with Crippen LogP contribution in [0.2, 0.25) is 0 Å². The van der Waals surface area contributed by atoms with Gasteiger partial charge in [0.05, 0.1) is 16.2 Å². The first kappa shape index (κ1) is 15.7. The van der Waals surface area contributed by atoms with Crippen LogP contribution in [0.4, 0.5) is 4.39 Å². The fraction of sp³-hybridized carbons (Fsp3) is 0.267. The molecule has 22 heavy (non-hydrogen) atoms. The number of allylic oxidation sites excluding steroid dienone is 3. The topological polar surface area (TPSA) is 92.5 Å². The van der Waals surface area contributed by atoms with Crippen LogP contribution in [-0.2, 0) is 4.79 Å². The minimum Gasteiger partial charge on any atom is -0.478 e. The molecule has 0 bridgehead atoms. The van der Waals surface area contributed by atoms with Crippen molar-refractivity contribution in [1.29, 1.82) is 0 Å². The number of halogens is 1. The summed E-state index contributed by atoms with van der Waals surface area (Å²) in [6.07, 6.45) is 0.311. The smallest absolute Gasteiger partial charge is 0.334 e. The van der Waals surface area contributed by atoms with Crippen molar-refractivity contribution in [1.82, 2.24) is 5.32 Å². The first-order chi connectivity index (χ1) is 10.4. The van der Waals surface area contributed by atoms with Gasteiger partial charge in [-0.15, -0.1) is 0 Å². The Balaban J connectivity index is 2.76. The molecule has 116 valence electrons. The summed E-state index contributed by atoms with van der Waals surface area (Å²) in [4.78, 5) is 22.4. The summed E-state index contributed by atoms with van der Waals surface area (Å²) < 4.78 is 14.1. The molecular weight excluding hydrogens is 291 g/mol. The molecule has 0 unspecified atom stereocenters. The normalized spacial score (nSPS) is 18.2. The van der Waals surface area contributed by atoms with Gasteiger partial charge in [-0.3, -0.25) is 10.1 Å². The molecule has 0 aromatic heterocycles. The number of benzene rings is 1. The van der Waals surface area contributed by atoms with E-state index in [1.807, 2.05) is 0 Å². The second kappa shape index (κ2) is 5.97. The lowest BCUT2D eigenvalue weighted by atomic mass is 9.83. The molecule has 0 saturated heterocycles.